The van der Waals surface area contributed by atoms with E-state index in [4.69, 9.17) is 11.6 Å². The SMILES string of the molecule is CC12CCC(C(=O)Nc3ccccc3Cl)(C(=O)/C1=N\Nc1ccc([N+](=O)[O-])cc1)C2(C)C. The molecule has 0 aliphatic heterocycles. The van der Waals surface area contributed by atoms with Crippen molar-refractivity contribution in [1.82, 2.24) is 0 Å². The molecule has 2 aromatic rings. The number of benzene rings is 2. The van der Waals surface area contributed by atoms with Gasteiger partial charge in [0.2, 0.25) is 5.91 Å². The fourth-order valence-corrected chi connectivity index (χ4v) is 5.23. The Balaban J connectivity index is 1.66. The van der Waals surface area contributed by atoms with Crippen LogP contribution in [0.2, 0.25) is 5.02 Å². The Morgan fingerprint density at radius 3 is 2.38 bits per heavy atom. The number of anilines is 2. The van der Waals surface area contributed by atoms with Crippen LogP contribution in [-0.2, 0) is 9.59 Å². The van der Waals surface area contributed by atoms with E-state index in [1.54, 1.807) is 24.3 Å². The zero-order valence-corrected chi connectivity index (χ0v) is 18.7. The van der Waals surface area contributed by atoms with Gasteiger partial charge in [-0.3, -0.25) is 25.1 Å². The minimum atomic E-state index is -1.27. The van der Waals surface area contributed by atoms with Gasteiger partial charge in [0.25, 0.3) is 5.69 Å². The van der Waals surface area contributed by atoms with E-state index < -0.39 is 21.2 Å². The minimum absolute atomic E-state index is 0.0394. The molecule has 166 valence electrons. The number of nitrogens with zero attached hydrogens (tertiary/aromatic N) is 2. The second-order valence-corrected chi connectivity index (χ2v) is 9.41. The third-order valence-electron chi connectivity index (χ3n) is 7.46. The van der Waals surface area contributed by atoms with Crippen LogP contribution >= 0.6 is 11.6 Å². The van der Waals surface area contributed by atoms with Gasteiger partial charge in [-0.05, 0) is 42.5 Å². The molecule has 9 heteroatoms. The average molecular weight is 455 g/mol. The molecule has 0 heterocycles. The lowest BCUT2D eigenvalue weighted by molar-refractivity contribution is -0.384. The predicted molar refractivity (Wildman–Crippen MR) is 123 cm³/mol. The van der Waals surface area contributed by atoms with E-state index in [-0.39, 0.29) is 17.4 Å². The van der Waals surface area contributed by atoms with E-state index >= 15 is 0 Å². The number of nitro groups is 1. The van der Waals surface area contributed by atoms with Gasteiger partial charge in [0, 0.05) is 17.5 Å². The number of hydrogen-bond donors (Lipinski definition) is 2. The maximum absolute atomic E-state index is 13.6. The number of carbonyl (C=O) groups is 2. The van der Waals surface area contributed by atoms with Gasteiger partial charge in [-0.25, -0.2) is 0 Å². The first-order valence-electron chi connectivity index (χ1n) is 10.2. The number of fused-ring (bicyclic) bond motifs is 2. The molecule has 1 amide bonds. The molecule has 2 aliphatic carbocycles. The Morgan fingerprint density at radius 1 is 1.09 bits per heavy atom. The van der Waals surface area contributed by atoms with Crippen molar-refractivity contribution in [3.8, 4) is 0 Å². The summed E-state index contributed by atoms with van der Waals surface area (Å²) in [4.78, 5) is 37.5. The Labute approximate surface area is 190 Å². The highest BCUT2D eigenvalue weighted by atomic mass is 35.5. The number of para-hydroxylation sites is 1. The summed E-state index contributed by atoms with van der Waals surface area (Å²) in [6, 6.07) is 12.7. The predicted octanol–water partition coefficient (Wildman–Crippen LogP) is 5.05. The minimum Gasteiger partial charge on any atom is -0.324 e. The third-order valence-corrected chi connectivity index (χ3v) is 7.79. The molecule has 0 spiro atoms. The molecule has 0 aromatic heterocycles. The number of hydrazone groups is 1. The number of nitrogens with one attached hydrogen (secondary N) is 2. The summed E-state index contributed by atoms with van der Waals surface area (Å²) in [5.74, 6) is -0.694. The highest BCUT2D eigenvalue weighted by molar-refractivity contribution is 6.51. The molecular weight excluding hydrogens is 432 g/mol. The Hall–Kier alpha value is -3.26. The van der Waals surface area contributed by atoms with Crippen molar-refractivity contribution < 1.29 is 14.5 Å². The molecule has 2 saturated carbocycles. The zero-order chi connectivity index (χ0) is 23.3. The molecule has 2 aromatic carbocycles. The van der Waals surface area contributed by atoms with Crippen LogP contribution in [0, 0.1) is 26.4 Å². The highest BCUT2D eigenvalue weighted by Crippen LogP contribution is 2.69. The first kappa shape index (κ1) is 22.0. The van der Waals surface area contributed by atoms with Crippen LogP contribution in [0.4, 0.5) is 17.1 Å². The molecule has 32 heavy (non-hydrogen) atoms. The first-order chi connectivity index (χ1) is 15.0. The topological polar surface area (TPSA) is 114 Å². The summed E-state index contributed by atoms with van der Waals surface area (Å²) >= 11 is 6.21. The van der Waals surface area contributed by atoms with Crippen molar-refractivity contribution >= 4 is 46.1 Å². The molecule has 2 atom stereocenters. The molecule has 2 N–H and O–H groups in total. The summed E-state index contributed by atoms with van der Waals surface area (Å²) < 4.78 is 0. The summed E-state index contributed by atoms with van der Waals surface area (Å²) in [6.45, 7) is 5.82. The van der Waals surface area contributed by atoms with Crippen molar-refractivity contribution in [3.63, 3.8) is 0 Å². The normalized spacial score (nSPS) is 26.9. The van der Waals surface area contributed by atoms with Crippen LogP contribution < -0.4 is 10.7 Å². The number of hydrogen-bond acceptors (Lipinski definition) is 6. The summed E-state index contributed by atoms with van der Waals surface area (Å²) in [7, 11) is 0. The number of carbonyl (C=O) groups excluding carboxylic acids is 2. The molecule has 8 nitrogen and oxygen atoms in total. The van der Waals surface area contributed by atoms with Crippen molar-refractivity contribution in [2.45, 2.75) is 33.6 Å². The van der Waals surface area contributed by atoms with Gasteiger partial charge in [-0.15, -0.1) is 0 Å². The molecule has 2 unspecified atom stereocenters. The summed E-state index contributed by atoms with van der Waals surface area (Å²) in [5.41, 5.74) is 1.51. The molecule has 0 radical (unpaired) electrons. The number of nitro benzene ring substituents is 1. The number of non-ortho nitro benzene ring substituents is 1. The van der Waals surface area contributed by atoms with Crippen LogP contribution in [0.3, 0.4) is 0 Å². The summed E-state index contributed by atoms with van der Waals surface area (Å²) in [5, 5.41) is 18.5. The fourth-order valence-electron chi connectivity index (χ4n) is 5.04. The largest absolute Gasteiger partial charge is 0.324 e. The molecular formula is C23H23ClN4O4. The van der Waals surface area contributed by atoms with Gasteiger partial charge in [0.15, 0.2) is 5.78 Å². The number of rotatable bonds is 5. The van der Waals surface area contributed by atoms with E-state index in [0.717, 1.165) is 0 Å². The van der Waals surface area contributed by atoms with Crippen LogP contribution in [0.15, 0.2) is 53.6 Å². The summed E-state index contributed by atoms with van der Waals surface area (Å²) in [6.07, 6.45) is 1.05. The highest BCUT2D eigenvalue weighted by Gasteiger charge is 2.76. The van der Waals surface area contributed by atoms with E-state index in [1.165, 1.54) is 24.3 Å². The molecule has 2 fully saturated rings. The fraction of sp³-hybridized carbons (Fsp3) is 0.348. The lowest BCUT2D eigenvalue weighted by atomic mass is 9.64. The quantitative estimate of drug-likeness (QED) is 0.372. The lowest BCUT2D eigenvalue weighted by Crippen LogP contribution is -2.47. The van der Waals surface area contributed by atoms with E-state index in [2.05, 4.69) is 15.8 Å². The van der Waals surface area contributed by atoms with E-state index in [9.17, 15) is 19.7 Å². The van der Waals surface area contributed by atoms with Gasteiger partial charge in [0.05, 0.1) is 21.3 Å². The van der Waals surface area contributed by atoms with Crippen LogP contribution in [-0.4, -0.2) is 22.3 Å². The number of amides is 1. The molecule has 4 rings (SSSR count). The van der Waals surface area contributed by atoms with Crippen LogP contribution in [0.25, 0.3) is 0 Å². The van der Waals surface area contributed by atoms with Gasteiger partial charge in [-0.1, -0.05) is 44.5 Å². The number of ketones is 1. The number of Topliss-reactive ketones (excluding diaryl/α,β-unsaturated/α-hetero) is 1. The number of halogens is 1. The van der Waals surface area contributed by atoms with Crippen LogP contribution in [0.1, 0.15) is 33.6 Å². The second-order valence-electron chi connectivity index (χ2n) is 9.00. The Morgan fingerprint density at radius 2 is 1.75 bits per heavy atom. The standard InChI is InChI=1S/C23H23ClN4O4/c1-21(2)22(3)12-13-23(21,20(30)25-17-7-5-4-6-16(17)24)19(29)18(22)27-26-14-8-10-15(11-9-14)28(31)32/h4-11,26H,12-13H2,1-3H3,(H,25,30)/b27-18+. The maximum Gasteiger partial charge on any atom is 0.269 e. The first-order valence-corrected chi connectivity index (χ1v) is 10.6. The lowest BCUT2D eigenvalue weighted by Gasteiger charge is -2.37. The monoisotopic (exact) mass is 454 g/mol. The smallest absolute Gasteiger partial charge is 0.269 e. The van der Waals surface area contributed by atoms with E-state index in [0.29, 0.717) is 35.0 Å². The van der Waals surface area contributed by atoms with Gasteiger partial charge < -0.3 is 5.32 Å². The van der Waals surface area contributed by atoms with Crippen molar-refractivity contribution in [2.24, 2.45) is 21.3 Å². The third kappa shape index (κ3) is 2.93. The molecule has 2 aliphatic rings. The maximum atomic E-state index is 13.6. The zero-order valence-electron chi connectivity index (χ0n) is 17.9. The average Bonchev–Trinajstić information content (AvgIpc) is 3.03. The van der Waals surface area contributed by atoms with Gasteiger partial charge in [-0.2, -0.15) is 5.10 Å². The van der Waals surface area contributed by atoms with Crippen molar-refractivity contribution in [1.29, 1.82) is 0 Å². The Bertz CT molecular complexity index is 1160. The second kappa shape index (κ2) is 7.41. The Kier molecular flexibility index (Phi) is 5.08. The molecule has 0 saturated heterocycles. The van der Waals surface area contributed by atoms with E-state index in [1.807, 2.05) is 20.8 Å². The van der Waals surface area contributed by atoms with Gasteiger partial charge in [0.1, 0.15) is 11.1 Å². The van der Waals surface area contributed by atoms with Crippen molar-refractivity contribution in [3.05, 3.63) is 63.7 Å². The van der Waals surface area contributed by atoms with Crippen LogP contribution in [0.5, 0.6) is 0 Å². The van der Waals surface area contributed by atoms with Gasteiger partial charge >= 0.3 is 0 Å². The van der Waals surface area contributed by atoms with Crippen molar-refractivity contribution in [2.75, 3.05) is 10.7 Å². The molecule has 2 bridgehead atoms.